The van der Waals surface area contributed by atoms with E-state index in [0.717, 1.165) is 5.56 Å². The molecule has 6 nitrogen and oxygen atoms in total. The number of ether oxygens (including phenoxy) is 1. The zero-order chi connectivity index (χ0) is 20.7. The number of sulfone groups is 1. The monoisotopic (exact) mass is 410 g/mol. The number of hydrogen-bond donors (Lipinski definition) is 2. The normalized spacial score (nSPS) is 10.9. The molecule has 0 radical (unpaired) electrons. The average molecular weight is 410 g/mol. The van der Waals surface area contributed by atoms with Gasteiger partial charge >= 0.3 is 0 Å². The summed E-state index contributed by atoms with van der Waals surface area (Å²) in [6, 6.07) is 22.4. The molecule has 0 aliphatic carbocycles. The summed E-state index contributed by atoms with van der Waals surface area (Å²) in [6.45, 7) is 0.345. The molecule has 0 fully saturated rings. The summed E-state index contributed by atoms with van der Waals surface area (Å²) in [5.74, 6) is 0.266. The van der Waals surface area contributed by atoms with Crippen molar-refractivity contribution >= 4 is 21.4 Å². The van der Waals surface area contributed by atoms with Crippen LogP contribution in [-0.4, -0.2) is 27.3 Å². The highest BCUT2D eigenvalue weighted by Crippen LogP contribution is 2.17. The van der Waals surface area contributed by atoms with Gasteiger partial charge in [0.1, 0.15) is 11.6 Å². The molecule has 3 aromatic rings. The SMILES string of the molecule is COc1ccccc1CNC(=O)c1ccc(NCS(=O)(=O)c2ccccc2)cc1. The van der Waals surface area contributed by atoms with Gasteiger partial charge in [0.15, 0.2) is 9.84 Å². The van der Waals surface area contributed by atoms with E-state index in [1.807, 2.05) is 24.3 Å². The van der Waals surface area contributed by atoms with Gasteiger partial charge in [0.05, 0.1) is 12.0 Å². The molecule has 0 heterocycles. The first-order chi connectivity index (χ1) is 14.0. The van der Waals surface area contributed by atoms with Crippen molar-refractivity contribution in [3.8, 4) is 5.75 Å². The maximum Gasteiger partial charge on any atom is 0.251 e. The first kappa shape index (κ1) is 20.4. The smallest absolute Gasteiger partial charge is 0.251 e. The quantitative estimate of drug-likeness (QED) is 0.594. The highest BCUT2D eigenvalue weighted by atomic mass is 32.2. The fourth-order valence-corrected chi connectivity index (χ4v) is 3.85. The number of methoxy groups -OCH3 is 1. The predicted octanol–water partition coefficient (Wildman–Crippen LogP) is 3.47. The highest BCUT2D eigenvalue weighted by molar-refractivity contribution is 7.91. The lowest BCUT2D eigenvalue weighted by Gasteiger charge is -2.11. The summed E-state index contributed by atoms with van der Waals surface area (Å²) >= 11 is 0. The van der Waals surface area contributed by atoms with Gasteiger partial charge in [-0.1, -0.05) is 36.4 Å². The molecule has 29 heavy (non-hydrogen) atoms. The number of para-hydroxylation sites is 1. The van der Waals surface area contributed by atoms with E-state index in [2.05, 4.69) is 10.6 Å². The van der Waals surface area contributed by atoms with Crippen LogP contribution in [0.3, 0.4) is 0 Å². The predicted molar refractivity (Wildman–Crippen MR) is 113 cm³/mol. The van der Waals surface area contributed by atoms with Crippen molar-refractivity contribution in [3.63, 3.8) is 0 Å². The van der Waals surface area contributed by atoms with E-state index >= 15 is 0 Å². The second-order valence-corrected chi connectivity index (χ2v) is 8.31. The van der Waals surface area contributed by atoms with Crippen molar-refractivity contribution in [3.05, 3.63) is 90.0 Å². The molecule has 0 aromatic heterocycles. The van der Waals surface area contributed by atoms with E-state index in [4.69, 9.17) is 4.74 Å². The first-order valence-corrected chi connectivity index (χ1v) is 10.7. The summed E-state index contributed by atoms with van der Waals surface area (Å²) in [5, 5.41) is 5.74. The number of hydrogen-bond acceptors (Lipinski definition) is 5. The van der Waals surface area contributed by atoms with Crippen molar-refractivity contribution in [1.29, 1.82) is 0 Å². The van der Waals surface area contributed by atoms with Gasteiger partial charge in [-0.3, -0.25) is 4.79 Å². The fourth-order valence-electron chi connectivity index (χ4n) is 2.76. The van der Waals surface area contributed by atoms with Gasteiger partial charge < -0.3 is 15.4 Å². The van der Waals surface area contributed by atoms with E-state index < -0.39 is 9.84 Å². The molecule has 7 heteroatoms. The van der Waals surface area contributed by atoms with E-state index in [1.165, 1.54) is 0 Å². The third kappa shape index (κ3) is 5.36. The Balaban J connectivity index is 1.57. The van der Waals surface area contributed by atoms with Crippen LogP contribution in [0.15, 0.2) is 83.8 Å². The topological polar surface area (TPSA) is 84.5 Å². The maximum atomic E-state index is 12.4. The summed E-state index contributed by atoms with van der Waals surface area (Å²) in [7, 11) is -1.85. The van der Waals surface area contributed by atoms with Crippen molar-refractivity contribution in [2.45, 2.75) is 11.4 Å². The van der Waals surface area contributed by atoms with E-state index in [1.54, 1.807) is 61.7 Å². The lowest BCUT2D eigenvalue weighted by atomic mass is 10.1. The summed E-state index contributed by atoms with van der Waals surface area (Å²) < 4.78 is 29.9. The lowest BCUT2D eigenvalue weighted by Crippen LogP contribution is -2.23. The molecular formula is C22H22N2O4S. The lowest BCUT2D eigenvalue weighted by molar-refractivity contribution is 0.0950. The van der Waals surface area contributed by atoms with Crippen LogP contribution in [0.4, 0.5) is 5.69 Å². The molecule has 3 rings (SSSR count). The summed E-state index contributed by atoms with van der Waals surface area (Å²) in [4.78, 5) is 12.6. The van der Waals surface area contributed by atoms with Crippen LogP contribution < -0.4 is 15.4 Å². The van der Waals surface area contributed by atoms with Crippen LogP contribution in [0.2, 0.25) is 0 Å². The Morgan fingerprint density at radius 1 is 0.897 bits per heavy atom. The van der Waals surface area contributed by atoms with Crippen LogP contribution >= 0.6 is 0 Å². The van der Waals surface area contributed by atoms with Crippen LogP contribution in [0, 0.1) is 0 Å². The van der Waals surface area contributed by atoms with Crippen molar-refractivity contribution in [1.82, 2.24) is 5.32 Å². The zero-order valence-corrected chi connectivity index (χ0v) is 16.8. The van der Waals surface area contributed by atoms with Gasteiger partial charge in [-0.25, -0.2) is 8.42 Å². The van der Waals surface area contributed by atoms with Gasteiger partial charge in [-0.05, 0) is 42.5 Å². The van der Waals surface area contributed by atoms with Crippen LogP contribution in [0.1, 0.15) is 15.9 Å². The number of amides is 1. The number of benzene rings is 3. The minimum atomic E-state index is -3.43. The van der Waals surface area contributed by atoms with Gasteiger partial charge in [0, 0.05) is 23.4 Å². The third-order valence-electron chi connectivity index (χ3n) is 4.35. The Kier molecular flexibility index (Phi) is 6.51. The molecule has 0 bridgehead atoms. The molecule has 0 unspecified atom stereocenters. The fraction of sp³-hybridized carbons (Fsp3) is 0.136. The van der Waals surface area contributed by atoms with Crippen molar-refractivity contribution in [2.24, 2.45) is 0 Å². The van der Waals surface area contributed by atoms with Gasteiger partial charge in [-0.2, -0.15) is 0 Å². The Labute approximate surface area is 170 Å². The second kappa shape index (κ2) is 9.25. The largest absolute Gasteiger partial charge is 0.496 e. The molecular weight excluding hydrogens is 388 g/mol. The number of carbonyl (C=O) groups excluding carboxylic acids is 1. The van der Waals surface area contributed by atoms with Crippen molar-refractivity contribution in [2.75, 3.05) is 18.3 Å². The van der Waals surface area contributed by atoms with E-state index in [-0.39, 0.29) is 16.7 Å². The number of carbonyl (C=O) groups is 1. The standard InChI is InChI=1S/C22H22N2O4S/c1-28-21-10-6-5-7-18(21)15-23-22(25)17-11-13-19(14-12-17)24-16-29(26,27)20-8-3-2-4-9-20/h2-14,24H,15-16H2,1H3,(H,23,25). The molecule has 0 atom stereocenters. The molecule has 0 spiro atoms. The first-order valence-electron chi connectivity index (χ1n) is 9.01. The molecule has 150 valence electrons. The van der Waals surface area contributed by atoms with Crippen LogP contribution in [0.5, 0.6) is 5.75 Å². The second-order valence-electron chi connectivity index (χ2n) is 6.32. The number of anilines is 1. The highest BCUT2D eigenvalue weighted by Gasteiger charge is 2.13. The molecule has 3 aromatic carbocycles. The molecule has 2 N–H and O–H groups in total. The minimum absolute atomic E-state index is 0.223. The van der Waals surface area contributed by atoms with Gasteiger partial charge in [-0.15, -0.1) is 0 Å². The molecule has 0 aliphatic heterocycles. The number of rotatable bonds is 8. The molecule has 0 saturated heterocycles. The van der Waals surface area contributed by atoms with Crippen LogP contribution in [-0.2, 0) is 16.4 Å². The van der Waals surface area contributed by atoms with Crippen LogP contribution in [0.25, 0.3) is 0 Å². The Morgan fingerprint density at radius 3 is 2.24 bits per heavy atom. The third-order valence-corrected chi connectivity index (χ3v) is 5.86. The summed E-state index contributed by atoms with van der Waals surface area (Å²) in [6.07, 6.45) is 0. The molecule has 0 aliphatic rings. The van der Waals surface area contributed by atoms with Crippen molar-refractivity contribution < 1.29 is 17.9 Å². The Morgan fingerprint density at radius 2 is 1.55 bits per heavy atom. The summed E-state index contributed by atoms with van der Waals surface area (Å²) in [5.41, 5.74) is 1.98. The van der Waals surface area contributed by atoms with Gasteiger partial charge in [0.25, 0.3) is 5.91 Å². The number of nitrogens with one attached hydrogen (secondary N) is 2. The molecule has 1 amide bonds. The van der Waals surface area contributed by atoms with E-state index in [0.29, 0.717) is 23.5 Å². The minimum Gasteiger partial charge on any atom is -0.496 e. The van der Waals surface area contributed by atoms with Gasteiger partial charge in [0.2, 0.25) is 0 Å². The zero-order valence-electron chi connectivity index (χ0n) is 16.0. The Hall–Kier alpha value is -3.32. The maximum absolute atomic E-state index is 12.4. The molecule has 0 saturated carbocycles. The average Bonchev–Trinajstić information content (AvgIpc) is 2.77. The Bertz CT molecular complexity index is 1070. The van der Waals surface area contributed by atoms with E-state index in [9.17, 15) is 13.2 Å².